The number of aryl methyl sites for hydroxylation is 1. The van der Waals surface area contributed by atoms with Crippen molar-refractivity contribution in [1.29, 1.82) is 0 Å². The molecule has 24 heavy (non-hydrogen) atoms. The second-order valence-corrected chi connectivity index (χ2v) is 8.13. The highest BCUT2D eigenvalue weighted by molar-refractivity contribution is 8.06. The number of aliphatic hydroxyl groups is 1. The minimum absolute atomic E-state index is 0.0911. The Balaban J connectivity index is 1.88. The topological polar surface area (TPSA) is 119 Å². The Morgan fingerprint density at radius 3 is 2.96 bits per heavy atom. The molecule has 3 rings (SSSR count). The van der Waals surface area contributed by atoms with Crippen molar-refractivity contribution in [3.63, 3.8) is 0 Å². The van der Waals surface area contributed by atoms with E-state index >= 15 is 0 Å². The van der Waals surface area contributed by atoms with Gasteiger partial charge in [0.25, 0.3) is 5.56 Å². The number of ether oxygens (including phenoxy) is 1. The Labute approximate surface area is 140 Å². The minimum atomic E-state index is -3.86. The van der Waals surface area contributed by atoms with Gasteiger partial charge in [-0.05, 0) is 11.8 Å². The summed E-state index contributed by atoms with van der Waals surface area (Å²) < 4.78 is 26.9. The van der Waals surface area contributed by atoms with Crippen LogP contribution in [0.3, 0.4) is 0 Å². The molecule has 1 fully saturated rings. The van der Waals surface area contributed by atoms with Crippen LogP contribution in [0.25, 0.3) is 11.0 Å². The molecule has 3 N–H and O–H groups in total. The first-order chi connectivity index (χ1) is 11.2. The summed E-state index contributed by atoms with van der Waals surface area (Å²) in [5, 5.41) is 9.84. The maximum absolute atomic E-state index is 14.1. The predicted molar refractivity (Wildman–Crippen MR) is 84.1 cm³/mol. The van der Waals surface area contributed by atoms with Gasteiger partial charge in [-0.3, -0.25) is 4.79 Å². The first-order valence-corrected chi connectivity index (χ1v) is 9.55. The zero-order valence-electron chi connectivity index (χ0n) is 12.4. The fraction of sp³-hybridized carbons (Fsp3) is 0.500. The van der Waals surface area contributed by atoms with Crippen molar-refractivity contribution < 1.29 is 28.5 Å². The van der Waals surface area contributed by atoms with E-state index in [1.165, 1.54) is 17.9 Å². The molecule has 0 aromatic carbocycles. The van der Waals surface area contributed by atoms with Crippen LogP contribution in [0.15, 0.2) is 17.3 Å². The second kappa shape index (κ2) is 6.26. The summed E-state index contributed by atoms with van der Waals surface area (Å²) in [5.41, 5.74) is -0.431. The van der Waals surface area contributed by atoms with Gasteiger partial charge in [0.15, 0.2) is 11.5 Å². The third-order valence-electron chi connectivity index (χ3n) is 3.77. The third-order valence-corrected chi connectivity index (χ3v) is 4.57. The summed E-state index contributed by atoms with van der Waals surface area (Å²) in [7, 11) is 1.46. The fourth-order valence-electron chi connectivity index (χ4n) is 2.61. The van der Waals surface area contributed by atoms with E-state index in [-0.39, 0.29) is 24.1 Å². The van der Waals surface area contributed by atoms with E-state index in [0.29, 0.717) is 0 Å². The lowest BCUT2D eigenvalue weighted by atomic mass is 10.2. The number of fused-ring (bicyclic) bond motifs is 1. The van der Waals surface area contributed by atoms with E-state index in [9.17, 15) is 14.3 Å². The molecule has 12 heteroatoms. The van der Waals surface area contributed by atoms with Crippen LogP contribution in [-0.2, 0) is 28.1 Å². The number of hydrogen-bond donors (Lipinski definition) is 3. The maximum Gasteiger partial charge on any atom is 0.321 e. The number of nitrogens with zero attached hydrogens (tertiary/aromatic N) is 3. The van der Waals surface area contributed by atoms with E-state index in [2.05, 4.69) is 16.8 Å². The molecule has 0 bridgehead atoms. The lowest BCUT2D eigenvalue weighted by Crippen LogP contribution is -2.25. The number of halogens is 1. The van der Waals surface area contributed by atoms with Gasteiger partial charge in [-0.1, -0.05) is 0 Å². The summed E-state index contributed by atoms with van der Waals surface area (Å²) in [4.78, 5) is 34.2. The predicted octanol–water partition coefficient (Wildman–Crippen LogP) is -0.252. The lowest BCUT2D eigenvalue weighted by molar-refractivity contribution is -0.0399. The zero-order chi connectivity index (χ0) is 17.6. The van der Waals surface area contributed by atoms with Crippen molar-refractivity contribution in [2.45, 2.75) is 24.9 Å². The highest BCUT2D eigenvalue weighted by Crippen LogP contribution is 2.39. The van der Waals surface area contributed by atoms with Crippen molar-refractivity contribution in [3.05, 3.63) is 28.7 Å². The highest BCUT2D eigenvalue weighted by atomic mass is 32.5. The summed E-state index contributed by atoms with van der Waals surface area (Å²) in [6, 6.07) is 0. The Kier molecular flexibility index (Phi) is 4.60. The Morgan fingerprint density at radius 1 is 1.58 bits per heavy atom. The van der Waals surface area contributed by atoms with Gasteiger partial charge in [0.1, 0.15) is 17.7 Å². The molecule has 2 aromatic heterocycles. The van der Waals surface area contributed by atoms with Crippen molar-refractivity contribution in [3.8, 4) is 0 Å². The monoisotopic (exact) mass is 379 g/mol. The first kappa shape index (κ1) is 17.6. The van der Waals surface area contributed by atoms with E-state index in [4.69, 9.17) is 19.0 Å². The third kappa shape index (κ3) is 3.29. The van der Waals surface area contributed by atoms with E-state index in [1.807, 2.05) is 0 Å². The van der Waals surface area contributed by atoms with Crippen LogP contribution in [0.4, 0.5) is 4.39 Å². The van der Waals surface area contributed by atoms with Gasteiger partial charge >= 0.3 is 6.72 Å². The second-order valence-electron chi connectivity index (χ2n) is 5.46. The van der Waals surface area contributed by atoms with Crippen LogP contribution in [0.1, 0.15) is 12.6 Å². The molecule has 0 unspecified atom stereocenters. The minimum Gasteiger partial charge on any atom is -0.390 e. The summed E-state index contributed by atoms with van der Waals surface area (Å²) in [6.07, 6.45) is -0.196. The SMILES string of the molecule is Cn1cnc2c(c(F)cn2[C@H]2C[C@H](O)[C@@H](COP(O)(O)=S)O2)c1=O. The van der Waals surface area contributed by atoms with Gasteiger partial charge in [-0.25, -0.2) is 9.37 Å². The summed E-state index contributed by atoms with van der Waals surface area (Å²) >= 11 is 4.34. The average Bonchev–Trinajstić information content (AvgIpc) is 3.01. The van der Waals surface area contributed by atoms with Gasteiger partial charge in [0, 0.05) is 19.7 Å². The quantitative estimate of drug-likeness (QED) is 0.623. The Hall–Kier alpha value is -1.20. The molecule has 0 saturated carbocycles. The van der Waals surface area contributed by atoms with Crippen LogP contribution in [0, 0.1) is 5.82 Å². The van der Waals surface area contributed by atoms with Gasteiger partial charge in [0.2, 0.25) is 0 Å². The van der Waals surface area contributed by atoms with Crippen molar-refractivity contribution in [1.82, 2.24) is 14.1 Å². The smallest absolute Gasteiger partial charge is 0.321 e. The van der Waals surface area contributed by atoms with E-state index < -0.39 is 36.5 Å². The molecule has 3 heterocycles. The standard InChI is InChI=1S/C12H15FN3O6PS/c1-15-5-14-11-10(12(15)18)6(13)3-16(11)9-2-7(17)8(22-9)4-21-23(19,20)24/h3,5,7-9,17H,2,4H2,1H3,(H2,19,20,24)/t7-,8+,9+/m0/s1. The molecule has 132 valence electrons. The molecule has 9 nitrogen and oxygen atoms in total. The Bertz CT molecular complexity index is 880. The molecular weight excluding hydrogens is 364 g/mol. The van der Waals surface area contributed by atoms with Crippen molar-refractivity contribution in [2.24, 2.45) is 7.05 Å². The maximum atomic E-state index is 14.1. The van der Waals surface area contributed by atoms with Crippen LogP contribution >= 0.6 is 6.72 Å². The molecule has 3 atom stereocenters. The molecular formula is C12H15FN3O6PS. The van der Waals surface area contributed by atoms with Crippen LogP contribution in [0.2, 0.25) is 0 Å². The summed E-state index contributed by atoms with van der Waals surface area (Å²) in [5.74, 6) is -0.738. The fourth-order valence-corrected chi connectivity index (χ4v) is 3.13. The molecule has 1 aliphatic heterocycles. The average molecular weight is 379 g/mol. The highest BCUT2D eigenvalue weighted by Gasteiger charge is 2.37. The van der Waals surface area contributed by atoms with Crippen LogP contribution < -0.4 is 5.56 Å². The van der Waals surface area contributed by atoms with Gasteiger partial charge < -0.3 is 33.3 Å². The van der Waals surface area contributed by atoms with Crippen molar-refractivity contribution >= 4 is 29.6 Å². The zero-order valence-corrected chi connectivity index (χ0v) is 14.2. The molecule has 0 spiro atoms. The molecule has 0 radical (unpaired) electrons. The molecule has 0 aliphatic carbocycles. The molecule has 1 aliphatic rings. The number of hydrogen-bond acceptors (Lipinski definition) is 6. The first-order valence-electron chi connectivity index (χ1n) is 6.92. The number of rotatable bonds is 4. The largest absolute Gasteiger partial charge is 0.390 e. The van der Waals surface area contributed by atoms with Crippen LogP contribution in [-0.4, -0.2) is 47.8 Å². The number of aromatic nitrogens is 3. The Morgan fingerprint density at radius 2 is 2.29 bits per heavy atom. The van der Waals surface area contributed by atoms with Gasteiger partial charge in [0.05, 0.1) is 19.0 Å². The van der Waals surface area contributed by atoms with Gasteiger partial charge in [-0.2, -0.15) is 0 Å². The van der Waals surface area contributed by atoms with Crippen molar-refractivity contribution in [2.75, 3.05) is 6.61 Å². The molecule has 0 amide bonds. The van der Waals surface area contributed by atoms with Gasteiger partial charge in [-0.15, -0.1) is 0 Å². The van der Waals surface area contributed by atoms with E-state index in [1.54, 1.807) is 0 Å². The van der Waals surface area contributed by atoms with Crippen LogP contribution in [0.5, 0.6) is 0 Å². The molecule has 1 saturated heterocycles. The lowest BCUT2D eigenvalue weighted by Gasteiger charge is -2.17. The van der Waals surface area contributed by atoms with E-state index in [0.717, 1.165) is 10.8 Å². The number of aliphatic hydroxyl groups excluding tert-OH is 1. The molecule has 2 aromatic rings. The normalized spacial score (nSPS) is 24.8. The summed E-state index contributed by atoms with van der Waals surface area (Å²) in [6.45, 7) is -4.19.